The summed E-state index contributed by atoms with van der Waals surface area (Å²) in [6.07, 6.45) is 7.40. The minimum absolute atomic E-state index is 0.118. The molecule has 3 aromatic rings. The lowest BCUT2D eigenvalue weighted by Gasteiger charge is -2.35. The zero-order valence-electron chi connectivity index (χ0n) is 15.8. The van der Waals surface area contributed by atoms with Gasteiger partial charge in [0.2, 0.25) is 5.91 Å². The number of hydrogen-bond donors (Lipinski definition) is 0. The first kappa shape index (κ1) is 18.1. The highest BCUT2D eigenvalue weighted by molar-refractivity contribution is 7.22. The van der Waals surface area contributed by atoms with Gasteiger partial charge in [0.15, 0.2) is 5.13 Å². The molecule has 0 saturated carbocycles. The zero-order chi connectivity index (χ0) is 18.8. The lowest BCUT2D eigenvalue weighted by molar-refractivity contribution is -0.120. The van der Waals surface area contributed by atoms with E-state index < -0.39 is 0 Å². The predicted octanol–water partition coefficient (Wildman–Crippen LogP) is 3.61. The summed E-state index contributed by atoms with van der Waals surface area (Å²) in [5.74, 6) is 0.118. The van der Waals surface area contributed by atoms with Crippen LogP contribution in [0.2, 0.25) is 0 Å². The van der Waals surface area contributed by atoms with Gasteiger partial charge < -0.3 is 0 Å². The molecule has 1 atom stereocenters. The number of hydrogen-bond acceptors (Lipinski definition) is 5. The number of carbonyl (C=O) groups excluding carboxylic acids is 1. The summed E-state index contributed by atoms with van der Waals surface area (Å²) in [6, 6.07) is 8.31. The van der Waals surface area contributed by atoms with Crippen LogP contribution >= 0.6 is 11.3 Å². The standard InChI is InChI=1S/C20H25N5OS/c1-3-25(20-22-16-8-4-5-10-18(16)27-20)19(26)14-24-11-7-6-9-17(24)15-12-21-23(2)13-15/h4-5,8,10,12-13,17H,3,6-7,9,11,14H2,1-2H3. The summed E-state index contributed by atoms with van der Waals surface area (Å²) in [5, 5.41) is 5.11. The van der Waals surface area contributed by atoms with Crippen LogP contribution in [0.15, 0.2) is 36.7 Å². The molecule has 0 bridgehead atoms. The van der Waals surface area contributed by atoms with Gasteiger partial charge in [0.1, 0.15) is 0 Å². The third-order valence-corrected chi connectivity index (χ3v) is 6.25. The van der Waals surface area contributed by atoms with Gasteiger partial charge in [-0.05, 0) is 38.4 Å². The molecule has 1 aliphatic rings. The van der Waals surface area contributed by atoms with Crippen LogP contribution in [0.3, 0.4) is 0 Å². The normalized spacial score (nSPS) is 18.1. The molecule has 3 heterocycles. The molecule has 0 radical (unpaired) electrons. The van der Waals surface area contributed by atoms with Crippen LogP contribution in [0.5, 0.6) is 0 Å². The Morgan fingerprint density at radius 1 is 1.33 bits per heavy atom. The van der Waals surface area contributed by atoms with E-state index in [1.807, 2.05) is 47.9 Å². The van der Waals surface area contributed by atoms with Crippen LogP contribution in [-0.4, -0.2) is 45.2 Å². The number of thiazole rings is 1. The molecule has 4 rings (SSSR count). The van der Waals surface area contributed by atoms with Crippen LogP contribution in [0.1, 0.15) is 37.8 Å². The van der Waals surface area contributed by atoms with Gasteiger partial charge in [0.25, 0.3) is 0 Å². The summed E-state index contributed by atoms with van der Waals surface area (Å²) in [6.45, 7) is 4.01. The van der Waals surface area contributed by atoms with Crippen molar-refractivity contribution in [3.8, 4) is 0 Å². The van der Waals surface area contributed by atoms with E-state index in [0.29, 0.717) is 13.1 Å². The minimum Gasteiger partial charge on any atom is -0.287 e. The van der Waals surface area contributed by atoms with Gasteiger partial charge in [-0.15, -0.1) is 0 Å². The second-order valence-electron chi connectivity index (χ2n) is 7.03. The molecule has 142 valence electrons. The Kier molecular flexibility index (Phi) is 5.22. The number of anilines is 1. The molecule has 27 heavy (non-hydrogen) atoms. The second kappa shape index (κ2) is 7.78. The molecule has 7 heteroatoms. The summed E-state index contributed by atoms with van der Waals surface area (Å²) >= 11 is 1.58. The second-order valence-corrected chi connectivity index (χ2v) is 8.04. The number of aromatic nitrogens is 3. The quantitative estimate of drug-likeness (QED) is 0.675. The summed E-state index contributed by atoms with van der Waals surface area (Å²) in [5.41, 5.74) is 2.16. The summed E-state index contributed by atoms with van der Waals surface area (Å²) in [4.78, 5) is 21.9. The predicted molar refractivity (Wildman–Crippen MR) is 109 cm³/mol. The molecule has 0 spiro atoms. The van der Waals surface area contributed by atoms with Crippen molar-refractivity contribution < 1.29 is 4.79 Å². The molecule has 1 fully saturated rings. The average Bonchev–Trinajstić information content (AvgIpc) is 3.29. The zero-order valence-corrected chi connectivity index (χ0v) is 16.7. The molecule has 1 saturated heterocycles. The number of nitrogens with zero attached hydrogens (tertiary/aromatic N) is 5. The van der Waals surface area contributed by atoms with Crippen LogP contribution in [0.25, 0.3) is 10.2 Å². The Balaban J connectivity index is 1.53. The van der Waals surface area contributed by atoms with Crippen LogP contribution in [0.4, 0.5) is 5.13 Å². The Hall–Kier alpha value is -2.25. The van der Waals surface area contributed by atoms with Gasteiger partial charge in [-0.3, -0.25) is 19.3 Å². The van der Waals surface area contributed by atoms with E-state index in [-0.39, 0.29) is 11.9 Å². The molecule has 1 unspecified atom stereocenters. The SMILES string of the molecule is CCN(C(=O)CN1CCCCC1c1cnn(C)c1)c1nc2ccccc2s1. The molecule has 1 aromatic carbocycles. The molecule has 6 nitrogen and oxygen atoms in total. The van der Waals surface area contributed by atoms with Crippen molar-refractivity contribution in [1.82, 2.24) is 19.7 Å². The number of amides is 1. The fourth-order valence-electron chi connectivity index (χ4n) is 3.82. The van der Waals surface area contributed by atoms with E-state index in [9.17, 15) is 4.79 Å². The number of para-hydroxylation sites is 1. The highest BCUT2D eigenvalue weighted by Crippen LogP contribution is 2.32. The number of likely N-dealkylation sites (N-methyl/N-ethyl adjacent to an activating group) is 1. The number of carbonyl (C=O) groups is 1. The van der Waals surface area contributed by atoms with Gasteiger partial charge in [-0.2, -0.15) is 5.10 Å². The van der Waals surface area contributed by atoms with E-state index in [4.69, 9.17) is 0 Å². The number of rotatable bonds is 5. The highest BCUT2D eigenvalue weighted by atomic mass is 32.1. The maximum atomic E-state index is 13.1. The number of fused-ring (bicyclic) bond motifs is 1. The van der Waals surface area contributed by atoms with Gasteiger partial charge in [0.05, 0.1) is 23.0 Å². The van der Waals surface area contributed by atoms with E-state index >= 15 is 0 Å². The fraction of sp³-hybridized carbons (Fsp3) is 0.450. The van der Waals surface area contributed by atoms with E-state index in [0.717, 1.165) is 34.7 Å². The van der Waals surface area contributed by atoms with Crippen molar-refractivity contribution in [2.45, 2.75) is 32.2 Å². The molecule has 1 amide bonds. The first-order chi connectivity index (χ1) is 13.2. The molecular formula is C20H25N5OS. The highest BCUT2D eigenvalue weighted by Gasteiger charge is 2.29. The van der Waals surface area contributed by atoms with E-state index in [1.54, 1.807) is 11.3 Å². The lowest BCUT2D eigenvalue weighted by Crippen LogP contribution is -2.43. The van der Waals surface area contributed by atoms with Gasteiger partial charge in [-0.25, -0.2) is 4.98 Å². The summed E-state index contributed by atoms with van der Waals surface area (Å²) in [7, 11) is 1.94. The van der Waals surface area contributed by atoms with Crippen molar-refractivity contribution in [3.63, 3.8) is 0 Å². The van der Waals surface area contributed by atoms with Crippen LogP contribution in [0, 0.1) is 0 Å². The minimum atomic E-state index is 0.118. The number of likely N-dealkylation sites (tertiary alicyclic amines) is 1. The van der Waals surface area contributed by atoms with Gasteiger partial charge in [-0.1, -0.05) is 29.9 Å². The first-order valence-electron chi connectivity index (χ1n) is 9.54. The third-order valence-electron chi connectivity index (χ3n) is 5.19. The molecule has 2 aromatic heterocycles. The Morgan fingerprint density at radius 2 is 2.19 bits per heavy atom. The van der Waals surface area contributed by atoms with Gasteiger partial charge in [0, 0.05) is 31.4 Å². The maximum Gasteiger partial charge on any atom is 0.242 e. The van der Waals surface area contributed by atoms with E-state index in [2.05, 4.69) is 27.2 Å². The largest absolute Gasteiger partial charge is 0.287 e. The number of benzene rings is 1. The summed E-state index contributed by atoms with van der Waals surface area (Å²) < 4.78 is 2.95. The Morgan fingerprint density at radius 3 is 2.93 bits per heavy atom. The molecule has 0 N–H and O–H groups in total. The Labute approximate surface area is 163 Å². The van der Waals surface area contributed by atoms with E-state index in [1.165, 1.54) is 12.0 Å². The molecular weight excluding hydrogens is 358 g/mol. The lowest BCUT2D eigenvalue weighted by atomic mass is 9.97. The number of piperidine rings is 1. The first-order valence-corrected chi connectivity index (χ1v) is 10.4. The van der Waals surface area contributed by atoms with Crippen molar-refractivity contribution in [3.05, 3.63) is 42.2 Å². The topological polar surface area (TPSA) is 54.3 Å². The monoisotopic (exact) mass is 383 g/mol. The van der Waals surface area contributed by atoms with Crippen LogP contribution in [-0.2, 0) is 11.8 Å². The van der Waals surface area contributed by atoms with Crippen molar-refractivity contribution in [2.75, 3.05) is 24.5 Å². The maximum absolute atomic E-state index is 13.1. The fourth-order valence-corrected chi connectivity index (χ4v) is 4.87. The van der Waals surface area contributed by atoms with Gasteiger partial charge >= 0.3 is 0 Å². The number of aryl methyl sites for hydroxylation is 1. The van der Waals surface area contributed by atoms with Crippen molar-refractivity contribution in [1.29, 1.82) is 0 Å². The smallest absolute Gasteiger partial charge is 0.242 e. The molecule has 0 aliphatic carbocycles. The molecule has 1 aliphatic heterocycles. The van der Waals surface area contributed by atoms with Crippen molar-refractivity contribution in [2.24, 2.45) is 7.05 Å². The third kappa shape index (κ3) is 3.75. The van der Waals surface area contributed by atoms with Crippen molar-refractivity contribution >= 4 is 32.6 Å². The Bertz CT molecular complexity index is 900. The van der Waals surface area contributed by atoms with Crippen LogP contribution < -0.4 is 4.90 Å². The average molecular weight is 384 g/mol.